The van der Waals surface area contributed by atoms with Gasteiger partial charge in [-0.05, 0) is 174 Å². The fourth-order valence-electron chi connectivity index (χ4n) is 12.5. The number of hydrogen-bond donors (Lipinski definition) is 0. The van der Waals surface area contributed by atoms with Crippen LogP contribution < -0.4 is 0 Å². The Morgan fingerprint density at radius 2 is 0.406 bits per heavy atom. The van der Waals surface area contributed by atoms with Crippen molar-refractivity contribution in [1.82, 2.24) is 0 Å². The van der Waals surface area contributed by atoms with Crippen LogP contribution in [0.1, 0.15) is 258 Å². The molecule has 20 bridgehead atoms. The zero-order valence-electron chi connectivity index (χ0n) is 67.7. The van der Waals surface area contributed by atoms with Crippen LogP contribution in [0.4, 0.5) is 0 Å². The minimum atomic E-state index is 0. The Morgan fingerprint density at radius 1 is 0.236 bits per heavy atom. The van der Waals surface area contributed by atoms with Crippen molar-refractivity contribution in [3.05, 3.63) is 291 Å². The van der Waals surface area contributed by atoms with Crippen molar-refractivity contribution in [2.75, 3.05) is 0 Å². The summed E-state index contributed by atoms with van der Waals surface area (Å²) in [6.07, 6.45) is 19.7. The lowest BCUT2D eigenvalue weighted by atomic mass is 9.85. The van der Waals surface area contributed by atoms with Crippen LogP contribution in [0.2, 0.25) is 0 Å². The van der Waals surface area contributed by atoms with E-state index >= 15 is 0 Å². The number of hydrogen-bond acceptors (Lipinski definition) is 0. The van der Waals surface area contributed by atoms with Crippen LogP contribution >= 0.6 is 0 Å². The Labute approximate surface area is 657 Å². The minimum absolute atomic E-state index is 0. The lowest BCUT2D eigenvalue weighted by Crippen LogP contribution is -1.97. The molecule has 0 aliphatic heterocycles. The molecule has 0 nitrogen and oxygen atoms in total. The monoisotopic (exact) mass is 1430 g/mol. The first kappa shape index (κ1) is 106. The van der Waals surface area contributed by atoms with Gasteiger partial charge in [0, 0.05) is 11.8 Å². The van der Waals surface area contributed by atoms with Crippen molar-refractivity contribution in [3.8, 4) is 111 Å². The summed E-state index contributed by atoms with van der Waals surface area (Å²) in [6.45, 7) is 56.5. The van der Waals surface area contributed by atoms with E-state index in [4.69, 9.17) is 0 Å². The predicted molar refractivity (Wildman–Crippen MR) is 498 cm³/mol. The standard InChI is InChI=1S/C38H30.C30H20.C10H16.C3H8.10C2H6.5CH4/c1-3-5-34-24-25(4-2)37-35-22-23-36(38(34)37)33-20-16-31(17-21-33)29-12-8-27(9-13-29)26-6-10-28(11-7-26)30-14-18-32(35)19-15-30;1-2-22-4-3-21(1)23-5-7-25(8-6-23)27-13-15-29(16-14-27)30-19-17-28(18-20-30)26-11-9-24(22)10-12-26;1-3-5-10-7-6-9(4-2)8-10;1-3-2;10*1-2;;;;;/h3-23,25,34H,2,24H2,1H3;1-20H;3-5,9-10H,2,6-8H2,1H3;3H2,1-2H3;10*1-2H3;5*1H4/b5-3+,27-26?,30-28?,31-29?,35-32?,36-33?;;5-3+;;;;;;;;;;;;;;;;. The van der Waals surface area contributed by atoms with Gasteiger partial charge in [0.15, 0.2) is 0 Å². The molecule has 106 heavy (non-hydrogen) atoms. The molecule has 4 atom stereocenters. The van der Waals surface area contributed by atoms with E-state index < -0.39 is 0 Å². The second-order valence-corrected chi connectivity index (χ2v) is 22.2. The first-order chi connectivity index (χ1) is 49.8. The summed E-state index contributed by atoms with van der Waals surface area (Å²) in [6, 6.07) is 85.0. The van der Waals surface area contributed by atoms with Crippen molar-refractivity contribution in [2.45, 2.75) is 247 Å². The van der Waals surface area contributed by atoms with Crippen LogP contribution in [0.15, 0.2) is 280 Å². The molecule has 578 valence electrons. The summed E-state index contributed by atoms with van der Waals surface area (Å²) in [5.74, 6) is 2.36. The quantitative estimate of drug-likeness (QED) is 0.154. The second kappa shape index (κ2) is 62.4. The fraction of sp³-hybridized carbons (Fsp3) is 0.358. The maximum atomic E-state index is 4.25. The number of benzene rings is 10. The van der Waals surface area contributed by atoms with Gasteiger partial charge in [0.2, 0.25) is 0 Å². The Balaban J connectivity index is -0.000000447. The van der Waals surface area contributed by atoms with Crippen molar-refractivity contribution >= 4 is 0 Å². The summed E-state index contributed by atoms with van der Waals surface area (Å²) < 4.78 is 0. The van der Waals surface area contributed by atoms with Gasteiger partial charge in [-0.1, -0.05) is 463 Å². The fourth-order valence-corrected chi connectivity index (χ4v) is 12.5. The molecule has 0 saturated heterocycles. The Kier molecular flexibility index (Phi) is 62.2. The van der Waals surface area contributed by atoms with Crippen molar-refractivity contribution in [1.29, 1.82) is 0 Å². The average molecular weight is 1430 g/mol. The van der Waals surface area contributed by atoms with E-state index in [0.29, 0.717) is 11.8 Å². The molecular weight excluding hydrogens is 1270 g/mol. The lowest BCUT2D eigenvalue weighted by molar-refractivity contribution is 0.639. The van der Waals surface area contributed by atoms with E-state index in [0.717, 1.165) is 18.3 Å². The first-order valence-electron chi connectivity index (χ1n) is 39.5. The van der Waals surface area contributed by atoms with Crippen molar-refractivity contribution < 1.29 is 0 Å². The average Bonchev–Trinajstić information content (AvgIpc) is 1.56. The molecule has 38 rings (SSSR count). The summed E-state index contributed by atoms with van der Waals surface area (Å²) in [4.78, 5) is 0. The van der Waals surface area contributed by atoms with Gasteiger partial charge in [-0.2, -0.15) is 0 Å². The van der Waals surface area contributed by atoms with Crippen molar-refractivity contribution in [3.63, 3.8) is 0 Å². The lowest BCUT2D eigenvalue weighted by Gasteiger charge is -2.19. The van der Waals surface area contributed by atoms with Gasteiger partial charge in [0.05, 0.1) is 0 Å². The van der Waals surface area contributed by atoms with Gasteiger partial charge in [0.1, 0.15) is 0 Å². The normalized spacial score (nSPS) is 13.2. The van der Waals surface area contributed by atoms with E-state index in [1.54, 1.807) is 0 Å². The highest BCUT2D eigenvalue weighted by Crippen LogP contribution is 2.52. The largest absolute Gasteiger partial charge is 0.103 e. The number of allylic oxidation sites excluding steroid dienone is 6. The van der Waals surface area contributed by atoms with Gasteiger partial charge in [0.25, 0.3) is 0 Å². The van der Waals surface area contributed by atoms with Gasteiger partial charge >= 0.3 is 0 Å². The van der Waals surface area contributed by atoms with E-state index in [1.165, 1.54) is 148 Å². The zero-order valence-corrected chi connectivity index (χ0v) is 67.7. The molecular formula is C106H154. The highest BCUT2D eigenvalue weighted by atomic mass is 14.4. The summed E-state index contributed by atoms with van der Waals surface area (Å²) >= 11 is 0. The molecule has 28 aliphatic rings. The predicted octanol–water partition coefficient (Wildman–Crippen LogP) is 37.0. The highest BCUT2D eigenvalue weighted by molar-refractivity contribution is 5.84. The number of rotatable bonds is 4. The van der Waals surface area contributed by atoms with Gasteiger partial charge in [-0.15, -0.1) is 13.2 Å². The molecule has 28 aliphatic carbocycles. The molecule has 0 heterocycles. The zero-order chi connectivity index (χ0) is 75.7. The van der Waals surface area contributed by atoms with Crippen LogP contribution in [-0.4, -0.2) is 0 Å². The highest BCUT2D eigenvalue weighted by Gasteiger charge is 2.33. The Bertz CT molecular complexity index is 3420. The maximum Gasteiger partial charge on any atom is 0.00359 e. The molecule has 1 fully saturated rings. The molecule has 10 aromatic rings. The van der Waals surface area contributed by atoms with Crippen LogP contribution in [0.3, 0.4) is 0 Å². The first-order valence-corrected chi connectivity index (χ1v) is 39.5. The van der Waals surface area contributed by atoms with Gasteiger partial charge in [-0.3, -0.25) is 0 Å². The molecule has 1 saturated carbocycles. The van der Waals surface area contributed by atoms with E-state index in [-0.39, 0.29) is 37.1 Å². The smallest absolute Gasteiger partial charge is 0.00359 e. The van der Waals surface area contributed by atoms with Crippen LogP contribution in [-0.2, 0) is 0 Å². The summed E-state index contributed by atoms with van der Waals surface area (Å²) in [5, 5.41) is 0. The van der Waals surface area contributed by atoms with Gasteiger partial charge in [-0.25, -0.2) is 0 Å². The topological polar surface area (TPSA) is 0 Å². The molecule has 0 amide bonds. The van der Waals surface area contributed by atoms with E-state index in [9.17, 15) is 0 Å². The molecule has 0 N–H and O–H groups in total. The van der Waals surface area contributed by atoms with Gasteiger partial charge < -0.3 is 0 Å². The third-order valence-electron chi connectivity index (χ3n) is 16.8. The van der Waals surface area contributed by atoms with E-state index in [1.807, 2.05) is 138 Å². The van der Waals surface area contributed by atoms with E-state index in [2.05, 4.69) is 308 Å². The Morgan fingerprint density at radius 3 is 0.566 bits per heavy atom. The van der Waals surface area contributed by atoms with Crippen LogP contribution in [0.5, 0.6) is 0 Å². The molecule has 10 aromatic carbocycles. The molecule has 0 heteroatoms. The Hall–Kier alpha value is -8.84. The maximum absolute atomic E-state index is 4.25. The minimum Gasteiger partial charge on any atom is -0.103 e. The molecule has 4 unspecified atom stereocenters. The third kappa shape index (κ3) is 29.5. The third-order valence-corrected chi connectivity index (χ3v) is 16.8. The molecule has 0 spiro atoms. The summed E-state index contributed by atoms with van der Waals surface area (Å²) in [5.41, 5.74) is 28.0. The summed E-state index contributed by atoms with van der Waals surface area (Å²) in [7, 11) is 0. The van der Waals surface area contributed by atoms with Crippen molar-refractivity contribution in [2.24, 2.45) is 11.8 Å². The van der Waals surface area contributed by atoms with Crippen LogP contribution in [0, 0.1) is 11.8 Å². The van der Waals surface area contributed by atoms with Crippen LogP contribution in [0.25, 0.3) is 111 Å². The molecule has 0 radical (unpaired) electrons. The SMILES string of the molecule is C.C.C.C.C.C=CC1CC(/C=C/C)c2c3ccc(c21)-c1ccc(cc1)-c1ccc(cc1)-c1ccc(cc1)-c1ccc-3cc1.C=CC1CCC(/C=C/C)C1.CC.CC.CC.CC.CC.CC.CC.CC.CC.CC.CCC.c1cc2ccc1-c1ccc(cc1)-c1ccc(cc1)-c1ccc(cc1)-c1ccc-2cc1. The molecule has 0 aromatic heterocycles. The second-order valence-electron chi connectivity index (χ2n) is 22.2.